The standard InChI is InChI=1S/C12H10FN3O2/c1-6-2-3-8(13)7(4-6)11-15-5-9(14)10(16-11)12(17)18/h2-5H,14H2,1H3,(H,17,18). The fraction of sp³-hybridized carbons (Fsp3) is 0.0833. The fourth-order valence-corrected chi connectivity index (χ4v) is 1.50. The third kappa shape index (κ3) is 2.13. The van der Waals surface area contributed by atoms with Crippen molar-refractivity contribution in [1.82, 2.24) is 9.97 Å². The van der Waals surface area contributed by atoms with E-state index in [4.69, 9.17) is 10.8 Å². The highest BCUT2D eigenvalue weighted by molar-refractivity contribution is 5.91. The van der Waals surface area contributed by atoms with E-state index in [0.717, 1.165) is 11.8 Å². The van der Waals surface area contributed by atoms with Gasteiger partial charge in [-0.1, -0.05) is 11.6 Å². The molecule has 6 heteroatoms. The maximum absolute atomic E-state index is 13.6. The van der Waals surface area contributed by atoms with E-state index in [2.05, 4.69) is 9.97 Å². The molecule has 0 aliphatic rings. The van der Waals surface area contributed by atoms with Crippen LogP contribution in [0.25, 0.3) is 11.4 Å². The summed E-state index contributed by atoms with van der Waals surface area (Å²) >= 11 is 0. The first-order chi connectivity index (χ1) is 8.49. The van der Waals surface area contributed by atoms with Crippen LogP contribution in [0, 0.1) is 12.7 Å². The molecule has 2 rings (SSSR count). The van der Waals surface area contributed by atoms with Gasteiger partial charge in [-0.25, -0.2) is 19.2 Å². The van der Waals surface area contributed by atoms with Crippen LogP contribution in [0.5, 0.6) is 0 Å². The Bertz CT molecular complexity index is 629. The minimum Gasteiger partial charge on any atom is -0.476 e. The molecule has 0 spiro atoms. The molecular formula is C12H10FN3O2. The van der Waals surface area contributed by atoms with E-state index in [1.807, 2.05) is 0 Å². The molecular weight excluding hydrogens is 237 g/mol. The number of carbonyl (C=O) groups is 1. The molecule has 0 aliphatic carbocycles. The van der Waals surface area contributed by atoms with Crippen molar-refractivity contribution < 1.29 is 14.3 Å². The fourth-order valence-electron chi connectivity index (χ4n) is 1.50. The van der Waals surface area contributed by atoms with Crippen LogP contribution in [-0.4, -0.2) is 21.0 Å². The number of nitrogen functional groups attached to an aromatic ring is 1. The summed E-state index contributed by atoms with van der Waals surface area (Å²) in [6, 6.07) is 4.44. The van der Waals surface area contributed by atoms with E-state index in [0.29, 0.717) is 0 Å². The topological polar surface area (TPSA) is 89.1 Å². The van der Waals surface area contributed by atoms with Gasteiger partial charge >= 0.3 is 5.97 Å². The predicted octanol–water partition coefficient (Wildman–Crippen LogP) is 1.87. The van der Waals surface area contributed by atoms with Crippen LogP contribution in [0.15, 0.2) is 24.4 Å². The number of aromatic carboxylic acids is 1. The van der Waals surface area contributed by atoms with Crippen molar-refractivity contribution in [2.24, 2.45) is 0 Å². The number of aryl methyl sites for hydroxylation is 1. The van der Waals surface area contributed by atoms with E-state index < -0.39 is 11.8 Å². The minimum atomic E-state index is -1.27. The van der Waals surface area contributed by atoms with Crippen molar-refractivity contribution in [3.05, 3.63) is 41.5 Å². The molecule has 18 heavy (non-hydrogen) atoms. The van der Waals surface area contributed by atoms with Gasteiger partial charge < -0.3 is 10.8 Å². The van der Waals surface area contributed by atoms with Gasteiger partial charge in [0.15, 0.2) is 11.5 Å². The van der Waals surface area contributed by atoms with Gasteiger partial charge in [0.2, 0.25) is 0 Å². The predicted molar refractivity (Wildman–Crippen MR) is 63.5 cm³/mol. The minimum absolute atomic E-state index is 0.00259. The number of benzene rings is 1. The number of hydrogen-bond acceptors (Lipinski definition) is 4. The zero-order chi connectivity index (χ0) is 13.3. The number of nitrogens with two attached hydrogens (primary N) is 1. The molecule has 0 unspecified atom stereocenters. The molecule has 92 valence electrons. The number of nitrogens with zero attached hydrogens (tertiary/aromatic N) is 2. The van der Waals surface area contributed by atoms with Crippen LogP contribution < -0.4 is 5.73 Å². The molecule has 0 atom stereocenters. The Morgan fingerprint density at radius 1 is 1.44 bits per heavy atom. The van der Waals surface area contributed by atoms with Crippen molar-refractivity contribution in [3.8, 4) is 11.4 Å². The van der Waals surface area contributed by atoms with Crippen molar-refractivity contribution in [3.63, 3.8) is 0 Å². The van der Waals surface area contributed by atoms with Crippen LogP contribution in [-0.2, 0) is 0 Å². The molecule has 0 aliphatic heterocycles. The highest BCUT2D eigenvalue weighted by Crippen LogP contribution is 2.22. The van der Waals surface area contributed by atoms with Crippen molar-refractivity contribution >= 4 is 11.7 Å². The Morgan fingerprint density at radius 2 is 2.17 bits per heavy atom. The summed E-state index contributed by atoms with van der Waals surface area (Å²) in [7, 11) is 0. The lowest BCUT2D eigenvalue weighted by Crippen LogP contribution is -2.08. The lowest BCUT2D eigenvalue weighted by molar-refractivity contribution is 0.0691. The number of halogens is 1. The monoisotopic (exact) mass is 247 g/mol. The van der Waals surface area contributed by atoms with Crippen LogP contribution in [0.1, 0.15) is 16.1 Å². The first kappa shape index (κ1) is 12.0. The number of anilines is 1. The maximum Gasteiger partial charge on any atom is 0.356 e. The molecule has 1 aromatic heterocycles. The van der Waals surface area contributed by atoms with Gasteiger partial charge in [0, 0.05) is 0 Å². The average Bonchev–Trinajstić information content (AvgIpc) is 2.33. The smallest absolute Gasteiger partial charge is 0.356 e. The molecule has 1 heterocycles. The SMILES string of the molecule is Cc1ccc(F)c(-c2ncc(N)c(C(=O)O)n2)c1. The van der Waals surface area contributed by atoms with Gasteiger partial charge in [-0.3, -0.25) is 0 Å². The summed E-state index contributed by atoms with van der Waals surface area (Å²) in [5.41, 5.74) is 6.02. The molecule has 0 bridgehead atoms. The molecule has 5 nitrogen and oxygen atoms in total. The maximum atomic E-state index is 13.6. The van der Waals surface area contributed by atoms with Gasteiger partial charge in [-0.2, -0.15) is 0 Å². The van der Waals surface area contributed by atoms with Gasteiger partial charge in [-0.15, -0.1) is 0 Å². The third-order valence-corrected chi connectivity index (χ3v) is 2.38. The normalized spacial score (nSPS) is 10.3. The van der Waals surface area contributed by atoms with Gasteiger partial charge in [-0.05, 0) is 19.1 Å². The van der Waals surface area contributed by atoms with E-state index in [-0.39, 0.29) is 22.8 Å². The first-order valence-electron chi connectivity index (χ1n) is 5.11. The van der Waals surface area contributed by atoms with Crippen LogP contribution in [0.3, 0.4) is 0 Å². The number of rotatable bonds is 2. The van der Waals surface area contributed by atoms with Gasteiger partial charge in [0.05, 0.1) is 17.4 Å². The zero-order valence-electron chi connectivity index (χ0n) is 9.51. The summed E-state index contributed by atoms with van der Waals surface area (Å²) in [6.07, 6.45) is 1.16. The second-order valence-electron chi connectivity index (χ2n) is 3.79. The van der Waals surface area contributed by atoms with Crippen molar-refractivity contribution in [2.75, 3.05) is 5.73 Å². The molecule has 1 aromatic carbocycles. The van der Waals surface area contributed by atoms with Crippen molar-refractivity contribution in [2.45, 2.75) is 6.92 Å². The van der Waals surface area contributed by atoms with E-state index in [9.17, 15) is 9.18 Å². The highest BCUT2D eigenvalue weighted by atomic mass is 19.1. The quantitative estimate of drug-likeness (QED) is 0.845. The summed E-state index contributed by atoms with van der Waals surface area (Å²) < 4.78 is 13.6. The van der Waals surface area contributed by atoms with Crippen LogP contribution in [0.2, 0.25) is 0 Å². The molecule has 0 saturated carbocycles. The summed E-state index contributed by atoms with van der Waals surface area (Å²) in [6.45, 7) is 1.79. The molecule has 0 amide bonds. The lowest BCUT2D eigenvalue weighted by Gasteiger charge is -2.05. The number of carboxylic acid groups (broad SMARTS) is 1. The number of hydrogen-bond donors (Lipinski definition) is 2. The summed E-state index contributed by atoms with van der Waals surface area (Å²) in [5.74, 6) is -1.78. The largest absolute Gasteiger partial charge is 0.476 e. The Labute approximate surface area is 102 Å². The van der Waals surface area contributed by atoms with Gasteiger partial charge in [0.25, 0.3) is 0 Å². The number of aromatic nitrogens is 2. The Morgan fingerprint density at radius 3 is 2.83 bits per heavy atom. The van der Waals surface area contributed by atoms with E-state index >= 15 is 0 Å². The Balaban J connectivity index is 2.61. The Hall–Kier alpha value is -2.50. The average molecular weight is 247 g/mol. The molecule has 0 radical (unpaired) electrons. The highest BCUT2D eigenvalue weighted by Gasteiger charge is 2.15. The zero-order valence-corrected chi connectivity index (χ0v) is 9.51. The lowest BCUT2D eigenvalue weighted by atomic mass is 10.1. The molecule has 0 saturated heterocycles. The molecule has 3 N–H and O–H groups in total. The van der Waals surface area contributed by atoms with Gasteiger partial charge in [0.1, 0.15) is 5.82 Å². The second-order valence-corrected chi connectivity index (χ2v) is 3.79. The molecule has 2 aromatic rings. The number of carboxylic acids is 1. The third-order valence-electron chi connectivity index (χ3n) is 2.38. The van der Waals surface area contributed by atoms with Crippen molar-refractivity contribution in [1.29, 1.82) is 0 Å². The first-order valence-corrected chi connectivity index (χ1v) is 5.11. The van der Waals surface area contributed by atoms with E-state index in [1.54, 1.807) is 19.1 Å². The summed E-state index contributed by atoms with van der Waals surface area (Å²) in [4.78, 5) is 18.5. The Kier molecular flexibility index (Phi) is 2.93. The molecule has 0 fully saturated rings. The van der Waals surface area contributed by atoms with Crippen LogP contribution >= 0.6 is 0 Å². The van der Waals surface area contributed by atoms with E-state index in [1.165, 1.54) is 6.07 Å². The second kappa shape index (κ2) is 4.40. The van der Waals surface area contributed by atoms with Crippen LogP contribution in [0.4, 0.5) is 10.1 Å². The summed E-state index contributed by atoms with van der Waals surface area (Å²) in [5, 5.41) is 8.90.